The summed E-state index contributed by atoms with van der Waals surface area (Å²) in [4.78, 5) is 78.7. The third kappa shape index (κ3) is 10.1. The van der Waals surface area contributed by atoms with Gasteiger partial charge in [0.15, 0.2) is 0 Å². The number of hydrogen-bond donors (Lipinski definition) is 3. The molecule has 0 unspecified atom stereocenters. The molecular formula is C31H50N4O8. The van der Waals surface area contributed by atoms with E-state index in [1.54, 1.807) is 20.8 Å². The molecule has 0 bridgehead atoms. The van der Waals surface area contributed by atoms with E-state index in [9.17, 15) is 28.8 Å². The van der Waals surface area contributed by atoms with E-state index < -0.39 is 59.3 Å². The van der Waals surface area contributed by atoms with Gasteiger partial charge in [0.05, 0.1) is 12.6 Å². The first kappa shape index (κ1) is 35.8. The fourth-order valence-corrected chi connectivity index (χ4v) is 5.76. The van der Waals surface area contributed by atoms with Gasteiger partial charge in [-0.2, -0.15) is 0 Å². The first-order valence-corrected chi connectivity index (χ1v) is 15.2. The minimum atomic E-state index is -1.04. The van der Waals surface area contributed by atoms with E-state index in [0.29, 0.717) is 19.4 Å². The maximum Gasteiger partial charge on any atom is 0.408 e. The second kappa shape index (κ2) is 15.3. The number of esters is 1. The Bertz CT molecular complexity index is 1070. The summed E-state index contributed by atoms with van der Waals surface area (Å²) in [5.41, 5.74) is -1.00. The molecule has 1 saturated carbocycles. The normalized spacial score (nSPS) is 21.5. The minimum Gasteiger partial charge on any atom is -0.466 e. The molecule has 0 aromatic carbocycles. The number of Topliss-reactive ketones (excluding diaryl/α,β-unsaturated/α-hetero) is 1. The highest BCUT2D eigenvalue weighted by Crippen LogP contribution is 2.64. The quantitative estimate of drug-likeness (QED) is 0.105. The van der Waals surface area contributed by atoms with Crippen LogP contribution in [0.3, 0.4) is 0 Å². The van der Waals surface area contributed by atoms with Crippen LogP contribution >= 0.6 is 0 Å². The van der Waals surface area contributed by atoms with Crippen LogP contribution in [0.2, 0.25) is 0 Å². The Labute approximate surface area is 255 Å². The molecule has 1 heterocycles. The van der Waals surface area contributed by atoms with Gasteiger partial charge < -0.3 is 30.3 Å². The molecule has 4 amide bonds. The summed E-state index contributed by atoms with van der Waals surface area (Å²) in [6.07, 6.45) is 3.76. The topological polar surface area (TPSA) is 160 Å². The number of amides is 4. The van der Waals surface area contributed by atoms with Crippen LogP contribution in [0.5, 0.6) is 0 Å². The molecule has 5 atom stereocenters. The SMILES string of the molecule is C=CCNC(=O)C(=O)[C@H](CCCCC)NC(=O)[C@@H]1[C@@H]2[C@H](CN1C(=O)[C@H](CCCOC(C)=O)NC(=O)OC(C)(C)C)C2(C)C. The van der Waals surface area contributed by atoms with Gasteiger partial charge in [0.1, 0.15) is 17.7 Å². The Hall–Kier alpha value is -3.44. The van der Waals surface area contributed by atoms with Gasteiger partial charge in [0.2, 0.25) is 17.6 Å². The van der Waals surface area contributed by atoms with Crippen LogP contribution in [0, 0.1) is 17.3 Å². The molecule has 43 heavy (non-hydrogen) atoms. The zero-order chi connectivity index (χ0) is 32.5. The van der Waals surface area contributed by atoms with Crippen LogP contribution in [0.1, 0.15) is 87.0 Å². The Morgan fingerprint density at radius 2 is 1.67 bits per heavy atom. The molecule has 2 rings (SSSR count). The van der Waals surface area contributed by atoms with Crippen LogP contribution in [0.25, 0.3) is 0 Å². The van der Waals surface area contributed by atoms with Gasteiger partial charge in [-0.05, 0) is 57.3 Å². The van der Waals surface area contributed by atoms with Crippen molar-refractivity contribution in [1.82, 2.24) is 20.9 Å². The lowest BCUT2D eigenvalue weighted by Gasteiger charge is -2.34. The minimum absolute atomic E-state index is 0.0561. The molecule has 3 N–H and O–H groups in total. The highest BCUT2D eigenvalue weighted by atomic mass is 16.6. The maximum atomic E-state index is 14.0. The fraction of sp³-hybridized carbons (Fsp3) is 0.742. The van der Waals surface area contributed by atoms with Gasteiger partial charge in [0, 0.05) is 20.0 Å². The van der Waals surface area contributed by atoms with Gasteiger partial charge in [-0.15, -0.1) is 6.58 Å². The van der Waals surface area contributed by atoms with Crippen LogP contribution in [0.4, 0.5) is 4.79 Å². The summed E-state index contributed by atoms with van der Waals surface area (Å²) in [6, 6.07) is -2.96. The summed E-state index contributed by atoms with van der Waals surface area (Å²) in [6.45, 7) is 16.5. The van der Waals surface area contributed by atoms with E-state index in [2.05, 4.69) is 22.5 Å². The lowest BCUT2D eigenvalue weighted by molar-refractivity contribution is -0.144. The molecule has 12 heteroatoms. The van der Waals surface area contributed by atoms with Crippen LogP contribution < -0.4 is 16.0 Å². The molecule has 0 radical (unpaired) electrons. The van der Waals surface area contributed by atoms with Crippen molar-refractivity contribution in [2.45, 2.75) is 111 Å². The maximum absolute atomic E-state index is 14.0. The van der Waals surface area contributed by atoms with Gasteiger partial charge in [-0.1, -0.05) is 46.1 Å². The third-order valence-electron chi connectivity index (χ3n) is 8.05. The Balaban J connectivity index is 2.29. The highest BCUT2D eigenvalue weighted by Gasteiger charge is 2.69. The van der Waals surface area contributed by atoms with Crippen molar-refractivity contribution < 1.29 is 38.2 Å². The second-order valence-corrected chi connectivity index (χ2v) is 13.0. The van der Waals surface area contributed by atoms with Gasteiger partial charge in [-0.25, -0.2) is 4.79 Å². The van der Waals surface area contributed by atoms with E-state index in [1.807, 2.05) is 20.8 Å². The second-order valence-electron chi connectivity index (χ2n) is 13.0. The summed E-state index contributed by atoms with van der Waals surface area (Å²) >= 11 is 0. The molecule has 12 nitrogen and oxygen atoms in total. The molecule has 2 aliphatic rings. The fourth-order valence-electron chi connectivity index (χ4n) is 5.76. The monoisotopic (exact) mass is 606 g/mol. The Morgan fingerprint density at radius 1 is 1.02 bits per heavy atom. The van der Waals surface area contributed by atoms with E-state index >= 15 is 0 Å². The summed E-state index contributed by atoms with van der Waals surface area (Å²) in [7, 11) is 0. The van der Waals surface area contributed by atoms with Gasteiger partial charge in [0.25, 0.3) is 5.91 Å². The average Bonchev–Trinajstić information content (AvgIpc) is 3.22. The zero-order valence-corrected chi connectivity index (χ0v) is 26.7. The number of alkyl carbamates (subject to hydrolysis) is 1. The molecule has 242 valence electrons. The van der Waals surface area contributed by atoms with E-state index in [-0.39, 0.29) is 43.2 Å². The predicted octanol–water partition coefficient (Wildman–Crippen LogP) is 2.64. The largest absolute Gasteiger partial charge is 0.466 e. The number of fused-ring (bicyclic) bond motifs is 1. The highest BCUT2D eigenvalue weighted by molar-refractivity contribution is 6.38. The number of hydrogen-bond acceptors (Lipinski definition) is 8. The van der Waals surface area contributed by atoms with Gasteiger partial charge >= 0.3 is 12.1 Å². The van der Waals surface area contributed by atoms with Crippen molar-refractivity contribution in [3.63, 3.8) is 0 Å². The number of rotatable bonds is 16. The Morgan fingerprint density at radius 3 is 2.26 bits per heavy atom. The molecule has 1 aliphatic carbocycles. The molecule has 1 aliphatic heterocycles. The molecule has 0 aromatic heterocycles. The predicted molar refractivity (Wildman–Crippen MR) is 160 cm³/mol. The van der Waals surface area contributed by atoms with E-state index in [4.69, 9.17) is 9.47 Å². The van der Waals surface area contributed by atoms with Crippen molar-refractivity contribution in [2.75, 3.05) is 19.7 Å². The van der Waals surface area contributed by atoms with Crippen LogP contribution in [-0.2, 0) is 33.4 Å². The number of nitrogens with zero attached hydrogens (tertiary/aromatic N) is 1. The van der Waals surface area contributed by atoms with E-state index in [1.165, 1.54) is 17.9 Å². The molecule has 1 saturated heterocycles. The van der Waals surface area contributed by atoms with Crippen molar-refractivity contribution in [2.24, 2.45) is 17.3 Å². The number of carbonyl (C=O) groups is 6. The number of unbranched alkanes of at least 4 members (excludes halogenated alkanes) is 2. The molecule has 2 fully saturated rings. The van der Waals surface area contributed by atoms with Crippen molar-refractivity contribution in [1.29, 1.82) is 0 Å². The first-order valence-electron chi connectivity index (χ1n) is 15.2. The van der Waals surface area contributed by atoms with Crippen LogP contribution in [-0.4, -0.2) is 83.9 Å². The summed E-state index contributed by atoms with van der Waals surface area (Å²) in [5, 5.41) is 7.91. The third-order valence-corrected chi connectivity index (χ3v) is 8.05. The zero-order valence-electron chi connectivity index (χ0n) is 26.7. The van der Waals surface area contributed by atoms with Crippen molar-refractivity contribution >= 4 is 35.6 Å². The lowest BCUT2D eigenvalue weighted by Crippen LogP contribution is -2.58. The summed E-state index contributed by atoms with van der Waals surface area (Å²) < 4.78 is 10.4. The van der Waals surface area contributed by atoms with Gasteiger partial charge in [-0.3, -0.25) is 24.0 Å². The smallest absolute Gasteiger partial charge is 0.408 e. The van der Waals surface area contributed by atoms with E-state index in [0.717, 1.165) is 12.8 Å². The first-order chi connectivity index (χ1) is 20.0. The number of nitrogens with one attached hydrogen (secondary N) is 3. The number of carbonyl (C=O) groups excluding carboxylic acids is 6. The Kier molecular flexibility index (Phi) is 12.8. The number of ketones is 1. The lowest BCUT2D eigenvalue weighted by atomic mass is 9.98. The molecule has 0 aromatic rings. The number of ether oxygens (including phenoxy) is 2. The van der Waals surface area contributed by atoms with Crippen molar-refractivity contribution in [3.05, 3.63) is 12.7 Å². The standard InChI is InChI=1S/C31H50N4O8/c1-9-11-12-14-21(25(37)27(39)32-16-10-2)33-26(38)24-23-20(31(23,7)8)18-35(24)28(40)22(15-13-17-42-19(3)36)34-29(41)43-30(4,5)6/h10,20-24H,2,9,11-18H2,1,3-8H3,(H,32,39)(H,33,38)(H,34,41)/t20-,21-,22-,23-,24-/m0/s1. The molecule has 0 spiro atoms. The molecular weight excluding hydrogens is 556 g/mol. The average molecular weight is 607 g/mol. The van der Waals surface area contributed by atoms with Crippen LogP contribution in [0.15, 0.2) is 12.7 Å². The van der Waals surface area contributed by atoms with Crippen molar-refractivity contribution in [3.8, 4) is 0 Å². The number of likely N-dealkylation sites (tertiary alicyclic amines) is 1. The number of piperidine rings is 1. The summed E-state index contributed by atoms with van der Waals surface area (Å²) in [5.74, 6) is -3.07.